The summed E-state index contributed by atoms with van der Waals surface area (Å²) in [6.45, 7) is 8.30. The Balaban J connectivity index is 1.32. The van der Waals surface area contributed by atoms with Crippen molar-refractivity contribution in [3.05, 3.63) is 83.9 Å². The number of morpholine rings is 1. The van der Waals surface area contributed by atoms with Crippen molar-refractivity contribution >= 4 is 34.4 Å². The second-order valence-corrected chi connectivity index (χ2v) is 10.1. The molecule has 1 atom stereocenters. The van der Waals surface area contributed by atoms with Crippen molar-refractivity contribution in [3.8, 4) is 11.1 Å². The fourth-order valence-corrected chi connectivity index (χ4v) is 5.35. The lowest BCUT2D eigenvalue weighted by molar-refractivity contribution is -0.125. The van der Waals surface area contributed by atoms with Crippen LogP contribution in [-0.2, 0) is 16.1 Å². The molecule has 2 saturated heterocycles. The SMILES string of the molecule is C=CC(=O)N1CCC(Cn2c(=O)c(-c3ccccc3)cc3cnc(Nc4ccc(N5CCOCC5)nc4)nc32)C1. The monoisotopic (exact) mass is 537 g/mol. The highest BCUT2D eigenvalue weighted by molar-refractivity contribution is 5.87. The fourth-order valence-electron chi connectivity index (χ4n) is 5.35. The summed E-state index contributed by atoms with van der Waals surface area (Å²) >= 11 is 0. The van der Waals surface area contributed by atoms with E-state index in [9.17, 15) is 9.59 Å². The van der Waals surface area contributed by atoms with Gasteiger partial charge in [-0.2, -0.15) is 4.98 Å². The number of carbonyl (C=O) groups is 1. The molecule has 1 aromatic carbocycles. The maximum absolute atomic E-state index is 13.9. The Kier molecular flexibility index (Phi) is 7.24. The quantitative estimate of drug-likeness (QED) is 0.358. The van der Waals surface area contributed by atoms with Crippen LogP contribution in [0.2, 0.25) is 0 Å². The molecule has 0 spiro atoms. The number of ether oxygens (including phenoxy) is 1. The van der Waals surface area contributed by atoms with Crippen LogP contribution >= 0.6 is 0 Å². The number of likely N-dealkylation sites (tertiary alicyclic amines) is 1. The summed E-state index contributed by atoms with van der Waals surface area (Å²) in [6, 6.07) is 15.4. The Morgan fingerprint density at radius 1 is 1.07 bits per heavy atom. The van der Waals surface area contributed by atoms with Gasteiger partial charge < -0.3 is 19.9 Å². The van der Waals surface area contributed by atoms with Crippen molar-refractivity contribution in [3.63, 3.8) is 0 Å². The topological polar surface area (TPSA) is 105 Å². The summed E-state index contributed by atoms with van der Waals surface area (Å²) in [5, 5.41) is 4.00. The first kappa shape index (κ1) is 25.7. The third kappa shape index (κ3) is 5.30. The molecular formula is C30H31N7O3. The molecule has 5 heterocycles. The predicted molar refractivity (Wildman–Crippen MR) is 155 cm³/mol. The Morgan fingerprint density at radius 3 is 2.65 bits per heavy atom. The number of aromatic nitrogens is 4. The number of benzene rings is 1. The zero-order valence-electron chi connectivity index (χ0n) is 22.2. The summed E-state index contributed by atoms with van der Waals surface area (Å²) in [5.74, 6) is 1.32. The molecule has 1 unspecified atom stereocenters. The first-order valence-electron chi connectivity index (χ1n) is 13.5. The maximum atomic E-state index is 13.9. The van der Waals surface area contributed by atoms with Gasteiger partial charge in [0, 0.05) is 49.9 Å². The minimum atomic E-state index is -0.117. The Hall–Kier alpha value is -4.57. The second kappa shape index (κ2) is 11.3. The van der Waals surface area contributed by atoms with Gasteiger partial charge in [0.2, 0.25) is 11.9 Å². The molecule has 0 bridgehead atoms. The van der Waals surface area contributed by atoms with E-state index < -0.39 is 0 Å². The van der Waals surface area contributed by atoms with Crippen LogP contribution in [0.1, 0.15) is 6.42 Å². The number of fused-ring (bicyclic) bond motifs is 1. The lowest BCUT2D eigenvalue weighted by Gasteiger charge is -2.27. The van der Waals surface area contributed by atoms with Gasteiger partial charge in [0.25, 0.3) is 5.56 Å². The van der Waals surface area contributed by atoms with Gasteiger partial charge in [-0.25, -0.2) is 9.97 Å². The van der Waals surface area contributed by atoms with Crippen molar-refractivity contribution < 1.29 is 9.53 Å². The summed E-state index contributed by atoms with van der Waals surface area (Å²) in [4.78, 5) is 43.9. The smallest absolute Gasteiger partial charge is 0.260 e. The van der Waals surface area contributed by atoms with E-state index in [-0.39, 0.29) is 17.4 Å². The van der Waals surface area contributed by atoms with Gasteiger partial charge in [-0.15, -0.1) is 0 Å². The van der Waals surface area contributed by atoms with Gasteiger partial charge in [-0.05, 0) is 42.2 Å². The van der Waals surface area contributed by atoms with E-state index in [1.54, 1.807) is 21.9 Å². The standard InChI is InChI=1S/C30H31N7O3/c1-2-27(38)36-11-10-21(19-36)20-37-28-23(16-25(29(37)39)22-6-4-3-5-7-22)17-32-30(34-28)33-24-8-9-26(31-18-24)35-12-14-40-15-13-35/h2-9,16-18,21H,1,10-15,19-20H2,(H,32,33,34). The van der Waals surface area contributed by atoms with Crippen molar-refractivity contribution in [1.82, 2.24) is 24.4 Å². The highest BCUT2D eigenvalue weighted by Crippen LogP contribution is 2.25. The van der Waals surface area contributed by atoms with E-state index in [1.807, 2.05) is 48.5 Å². The van der Waals surface area contributed by atoms with Crippen molar-refractivity contribution in [2.75, 3.05) is 49.6 Å². The molecule has 2 aliphatic heterocycles. The molecule has 0 saturated carbocycles. The molecule has 40 heavy (non-hydrogen) atoms. The molecule has 4 aromatic rings. The number of nitrogens with one attached hydrogen (secondary N) is 1. The molecule has 1 amide bonds. The number of rotatable bonds is 7. The first-order valence-corrected chi connectivity index (χ1v) is 13.5. The fraction of sp³-hybridized carbons (Fsp3) is 0.300. The van der Waals surface area contributed by atoms with E-state index in [2.05, 4.69) is 26.8 Å². The molecule has 2 fully saturated rings. The highest BCUT2D eigenvalue weighted by Gasteiger charge is 2.26. The van der Waals surface area contributed by atoms with Gasteiger partial charge in [0.1, 0.15) is 11.5 Å². The summed E-state index contributed by atoms with van der Waals surface area (Å²) in [5.41, 5.74) is 2.62. The van der Waals surface area contributed by atoms with Crippen LogP contribution < -0.4 is 15.8 Å². The van der Waals surface area contributed by atoms with Crippen LogP contribution in [0.25, 0.3) is 22.2 Å². The van der Waals surface area contributed by atoms with Gasteiger partial charge in [0.05, 0.1) is 25.1 Å². The summed E-state index contributed by atoms with van der Waals surface area (Å²) in [7, 11) is 0. The number of carbonyl (C=O) groups excluding carboxylic acids is 1. The van der Waals surface area contributed by atoms with E-state index in [1.165, 1.54) is 6.08 Å². The van der Waals surface area contributed by atoms with Crippen LogP contribution in [0.15, 0.2) is 78.4 Å². The molecule has 10 nitrogen and oxygen atoms in total. The average Bonchev–Trinajstić information content (AvgIpc) is 3.48. The molecule has 3 aromatic heterocycles. The third-order valence-corrected chi connectivity index (χ3v) is 7.46. The number of hydrogen-bond acceptors (Lipinski definition) is 8. The van der Waals surface area contributed by atoms with Crippen LogP contribution in [-0.4, -0.2) is 69.7 Å². The average molecular weight is 538 g/mol. The van der Waals surface area contributed by atoms with Crippen molar-refractivity contribution in [1.29, 1.82) is 0 Å². The van der Waals surface area contributed by atoms with Gasteiger partial charge >= 0.3 is 0 Å². The van der Waals surface area contributed by atoms with Crippen LogP contribution in [0.4, 0.5) is 17.5 Å². The minimum Gasteiger partial charge on any atom is -0.378 e. The molecule has 1 N–H and O–H groups in total. The lowest BCUT2D eigenvalue weighted by atomic mass is 10.0. The van der Waals surface area contributed by atoms with Crippen molar-refractivity contribution in [2.24, 2.45) is 5.92 Å². The number of nitrogens with zero attached hydrogens (tertiary/aromatic N) is 6. The zero-order chi connectivity index (χ0) is 27.5. The molecule has 204 valence electrons. The summed E-state index contributed by atoms with van der Waals surface area (Å²) < 4.78 is 7.16. The second-order valence-electron chi connectivity index (χ2n) is 10.1. The molecule has 10 heteroatoms. The molecule has 2 aliphatic rings. The van der Waals surface area contributed by atoms with Crippen molar-refractivity contribution in [2.45, 2.75) is 13.0 Å². The number of hydrogen-bond donors (Lipinski definition) is 1. The number of amides is 1. The maximum Gasteiger partial charge on any atom is 0.260 e. The van der Waals surface area contributed by atoms with Gasteiger partial charge in [-0.1, -0.05) is 36.9 Å². The van der Waals surface area contributed by atoms with Gasteiger partial charge in [-0.3, -0.25) is 14.2 Å². The Morgan fingerprint density at radius 2 is 1.90 bits per heavy atom. The van der Waals surface area contributed by atoms with E-state index in [0.29, 0.717) is 50.0 Å². The van der Waals surface area contributed by atoms with E-state index in [4.69, 9.17) is 9.72 Å². The molecule has 0 radical (unpaired) electrons. The van der Waals surface area contributed by atoms with Crippen LogP contribution in [0, 0.1) is 5.92 Å². The Labute approximate surface area is 231 Å². The van der Waals surface area contributed by atoms with Crippen LogP contribution in [0.5, 0.6) is 0 Å². The van der Waals surface area contributed by atoms with E-state index in [0.717, 1.165) is 42.0 Å². The minimum absolute atomic E-state index is 0.0835. The number of anilines is 3. The zero-order valence-corrected chi connectivity index (χ0v) is 22.2. The third-order valence-electron chi connectivity index (χ3n) is 7.46. The molecular weight excluding hydrogens is 506 g/mol. The van der Waals surface area contributed by atoms with E-state index >= 15 is 0 Å². The normalized spacial score (nSPS) is 17.2. The molecule has 0 aliphatic carbocycles. The summed E-state index contributed by atoms with van der Waals surface area (Å²) in [6.07, 6.45) is 5.65. The predicted octanol–water partition coefficient (Wildman–Crippen LogP) is 3.47. The first-order chi connectivity index (χ1) is 19.6. The van der Waals surface area contributed by atoms with Gasteiger partial charge in [0.15, 0.2) is 0 Å². The number of pyridine rings is 2. The molecule has 6 rings (SSSR count). The Bertz CT molecular complexity index is 1580. The van der Waals surface area contributed by atoms with Crippen LogP contribution in [0.3, 0.4) is 0 Å². The largest absolute Gasteiger partial charge is 0.378 e. The lowest BCUT2D eigenvalue weighted by Crippen LogP contribution is -2.36. The highest BCUT2D eigenvalue weighted by atomic mass is 16.5.